The highest BCUT2D eigenvalue weighted by molar-refractivity contribution is 6.06. The lowest BCUT2D eigenvalue weighted by Gasteiger charge is -2.08. The van der Waals surface area contributed by atoms with E-state index in [1.54, 1.807) is 15.6 Å². The number of nitrogens with one attached hydrogen (secondary N) is 1. The average molecular weight is 360 g/mol. The van der Waals surface area contributed by atoms with Crippen LogP contribution >= 0.6 is 0 Å². The fourth-order valence-corrected chi connectivity index (χ4v) is 3.15. The third-order valence-corrected chi connectivity index (χ3v) is 4.37. The number of aryl methyl sites for hydroxylation is 2. The summed E-state index contributed by atoms with van der Waals surface area (Å²) in [5.41, 5.74) is 3.75. The van der Waals surface area contributed by atoms with Crippen molar-refractivity contribution in [2.24, 2.45) is 0 Å². The number of fused-ring (bicyclic) bond motifs is 1. The van der Waals surface area contributed by atoms with Crippen LogP contribution in [0.3, 0.4) is 0 Å². The molecular formula is C20H20N6O. The Balaban J connectivity index is 1.68. The molecule has 1 N–H and O–H groups in total. The summed E-state index contributed by atoms with van der Waals surface area (Å²) >= 11 is 0. The van der Waals surface area contributed by atoms with E-state index in [9.17, 15) is 4.79 Å². The highest BCUT2D eigenvalue weighted by Crippen LogP contribution is 2.24. The first-order valence-corrected chi connectivity index (χ1v) is 8.81. The SMILES string of the molecule is Cc1cc(C(=O)NCCn2cccn2)c2c(C)nn(-c3ccccc3)c2n1. The standard InChI is InChI=1S/C20H20N6O/c1-14-13-17(20(27)21-10-12-25-11-6-9-22-25)18-15(2)24-26(19(18)23-14)16-7-4-3-5-8-16/h3-9,11,13H,10,12H2,1-2H3,(H,21,27). The van der Waals surface area contributed by atoms with Crippen LogP contribution in [0.1, 0.15) is 21.7 Å². The lowest BCUT2D eigenvalue weighted by Crippen LogP contribution is -2.27. The van der Waals surface area contributed by atoms with Crippen molar-refractivity contribution in [1.82, 2.24) is 29.9 Å². The number of para-hydroxylation sites is 1. The average Bonchev–Trinajstić information content (AvgIpc) is 3.30. The van der Waals surface area contributed by atoms with Crippen LogP contribution in [-0.4, -0.2) is 37.0 Å². The fourth-order valence-electron chi connectivity index (χ4n) is 3.15. The molecule has 0 radical (unpaired) electrons. The van der Waals surface area contributed by atoms with E-state index in [0.29, 0.717) is 24.3 Å². The fraction of sp³-hybridized carbons (Fsp3) is 0.200. The molecule has 7 heteroatoms. The minimum absolute atomic E-state index is 0.131. The van der Waals surface area contributed by atoms with Gasteiger partial charge in [-0.3, -0.25) is 9.48 Å². The molecule has 4 rings (SSSR count). The summed E-state index contributed by atoms with van der Waals surface area (Å²) in [5, 5.41) is 12.5. The number of nitrogens with zero attached hydrogens (tertiary/aromatic N) is 5. The zero-order valence-corrected chi connectivity index (χ0v) is 15.3. The van der Waals surface area contributed by atoms with E-state index in [0.717, 1.165) is 22.5 Å². The number of rotatable bonds is 5. The van der Waals surface area contributed by atoms with Crippen molar-refractivity contribution in [3.63, 3.8) is 0 Å². The van der Waals surface area contributed by atoms with E-state index in [2.05, 4.69) is 20.5 Å². The van der Waals surface area contributed by atoms with Crippen molar-refractivity contribution in [2.45, 2.75) is 20.4 Å². The number of aromatic nitrogens is 5. The van der Waals surface area contributed by atoms with Gasteiger partial charge in [0, 0.05) is 24.6 Å². The molecule has 0 saturated carbocycles. The molecule has 0 spiro atoms. The van der Waals surface area contributed by atoms with Gasteiger partial charge in [-0.05, 0) is 38.1 Å². The lowest BCUT2D eigenvalue weighted by atomic mass is 10.1. The highest BCUT2D eigenvalue weighted by atomic mass is 16.1. The molecule has 0 aliphatic rings. The largest absolute Gasteiger partial charge is 0.350 e. The predicted molar refractivity (Wildman–Crippen MR) is 103 cm³/mol. The van der Waals surface area contributed by atoms with Crippen LogP contribution in [0.25, 0.3) is 16.7 Å². The van der Waals surface area contributed by atoms with Gasteiger partial charge in [-0.1, -0.05) is 18.2 Å². The van der Waals surface area contributed by atoms with E-state index >= 15 is 0 Å². The number of hydrogen-bond acceptors (Lipinski definition) is 4. The predicted octanol–water partition coefficient (Wildman–Crippen LogP) is 2.66. The highest BCUT2D eigenvalue weighted by Gasteiger charge is 2.19. The Bertz CT molecular complexity index is 1080. The van der Waals surface area contributed by atoms with Gasteiger partial charge in [-0.15, -0.1) is 0 Å². The maximum Gasteiger partial charge on any atom is 0.252 e. The van der Waals surface area contributed by atoms with E-state index < -0.39 is 0 Å². The van der Waals surface area contributed by atoms with Gasteiger partial charge in [0.2, 0.25) is 0 Å². The number of carbonyl (C=O) groups excluding carboxylic acids is 1. The van der Waals surface area contributed by atoms with Crippen LogP contribution in [0.15, 0.2) is 54.9 Å². The number of carbonyl (C=O) groups is 1. The van der Waals surface area contributed by atoms with E-state index in [1.807, 2.05) is 62.5 Å². The van der Waals surface area contributed by atoms with Gasteiger partial charge in [-0.2, -0.15) is 10.2 Å². The third kappa shape index (κ3) is 3.31. The van der Waals surface area contributed by atoms with Gasteiger partial charge in [0.05, 0.1) is 28.9 Å². The maximum absolute atomic E-state index is 12.8. The normalized spacial score (nSPS) is 11.0. The summed E-state index contributed by atoms with van der Waals surface area (Å²) in [6.45, 7) is 4.90. The molecule has 0 aliphatic heterocycles. The number of amides is 1. The Morgan fingerprint density at radius 2 is 1.96 bits per heavy atom. The molecule has 0 atom stereocenters. The van der Waals surface area contributed by atoms with Gasteiger partial charge < -0.3 is 5.32 Å². The van der Waals surface area contributed by atoms with Crippen LogP contribution in [0.5, 0.6) is 0 Å². The molecule has 4 aromatic rings. The van der Waals surface area contributed by atoms with Gasteiger partial charge in [0.1, 0.15) is 0 Å². The Labute approximate surface area is 156 Å². The van der Waals surface area contributed by atoms with Crippen molar-refractivity contribution in [2.75, 3.05) is 6.54 Å². The first-order valence-electron chi connectivity index (χ1n) is 8.81. The molecule has 0 fully saturated rings. The summed E-state index contributed by atoms with van der Waals surface area (Å²) < 4.78 is 3.57. The molecule has 1 amide bonds. The van der Waals surface area contributed by atoms with Crippen molar-refractivity contribution in [1.29, 1.82) is 0 Å². The van der Waals surface area contributed by atoms with E-state index in [-0.39, 0.29) is 5.91 Å². The second-order valence-electron chi connectivity index (χ2n) is 6.37. The number of pyridine rings is 1. The first-order chi connectivity index (χ1) is 13.1. The zero-order chi connectivity index (χ0) is 18.8. The second-order valence-corrected chi connectivity index (χ2v) is 6.37. The maximum atomic E-state index is 12.8. The third-order valence-electron chi connectivity index (χ3n) is 4.37. The van der Waals surface area contributed by atoms with E-state index in [1.165, 1.54) is 0 Å². The topological polar surface area (TPSA) is 77.6 Å². The van der Waals surface area contributed by atoms with Crippen LogP contribution in [0.4, 0.5) is 0 Å². The smallest absolute Gasteiger partial charge is 0.252 e. The monoisotopic (exact) mass is 360 g/mol. The molecule has 0 aliphatic carbocycles. The minimum Gasteiger partial charge on any atom is -0.350 e. The molecule has 0 bridgehead atoms. The van der Waals surface area contributed by atoms with Crippen LogP contribution in [0.2, 0.25) is 0 Å². The Morgan fingerprint density at radius 3 is 2.70 bits per heavy atom. The van der Waals surface area contributed by atoms with Crippen molar-refractivity contribution in [3.05, 3.63) is 71.8 Å². The first kappa shape index (κ1) is 17.0. The number of hydrogen-bond donors (Lipinski definition) is 1. The van der Waals surface area contributed by atoms with Crippen LogP contribution in [0, 0.1) is 13.8 Å². The Kier molecular flexibility index (Phi) is 4.42. The summed E-state index contributed by atoms with van der Waals surface area (Å²) in [4.78, 5) is 17.5. The Hall–Kier alpha value is -3.48. The van der Waals surface area contributed by atoms with E-state index in [4.69, 9.17) is 0 Å². The molecule has 1 aromatic carbocycles. The molecule has 0 unspecified atom stereocenters. The molecule has 7 nitrogen and oxygen atoms in total. The van der Waals surface area contributed by atoms with Gasteiger partial charge in [0.25, 0.3) is 5.91 Å². The molecule has 3 aromatic heterocycles. The Morgan fingerprint density at radius 1 is 1.15 bits per heavy atom. The van der Waals surface area contributed by atoms with Crippen molar-refractivity contribution < 1.29 is 4.79 Å². The van der Waals surface area contributed by atoms with Crippen molar-refractivity contribution in [3.8, 4) is 5.69 Å². The molecule has 27 heavy (non-hydrogen) atoms. The summed E-state index contributed by atoms with van der Waals surface area (Å²) in [6, 6.07) is 13.5. The van der Waals surface area contributed by atoms with Gasteiger partial charge >= 0.3 is 0 Å². The zero-order valence-electron chi connectivity index (χ0n) is 15.3. The minimum atomic E-state index is -0.131. The van der Waals surface area contributed by atoms with Crippen LogP contribution < -0.4 is 5.32 Å². The molecular weight excluding hydrogens is 340 g/mol. The second kappa shape index (κ2) is 7.03. The van der Waals surface area contributed by atoms with Crippen molar-refractivity contribution >= 4 is 16.9 Å². The molecule has 0 saturated heterocycles. The summed E-state index contributed by atoms with van der Waals surface area (Å²) in [5.74, 6) is -0.131. The quantitative estimate of drug-likeness (QED) is 0.593. The summed E-state index contributed by atoms with van der Waals surface area (Å²) in [6.07, 6.45) is 3.59. The molecule has 3 heterocycles. The van der Waals surface area contributed by atoms with Gasteiger partial charge in [0.15, 0.2) is 5.65 Å². The summed E-state index contributed by atoms with van der Waals surface area (Å²) in [7, 11) is 0. The van der Waals surface area contributed by atoms with Gasteiger partial charge in [-0.25, -0.2) is 9.67 Å². The lowest BCUT2D eigenvalue weighted by molar-refractivity contribution is 0.0953. The molecule has 136 valence electrons. The number of benzene rings is 1. The van der Waals surface area contributed by atoms with Crippen LogP contribution in [-0.2, 0) is 6.54 Å².